The number of likely N-dealkylation sites (N-methyl/N-ethyl adjacent to an activating group) is 3. The lowest BCUT2D eigenvalue weighted by atomic mass is 9.87. The Hall–Kier alpha value is -10.6. The second-order valence-corrected chi connectivity index (χ2v) is 28.2. The third-order valence-electron chi connectivity index (χ3n) is 19.2. The number of nitrogens with zero attached hydrogens (tertiary/aromatic N) is 5. The standard InChI is InChI=1S/C81H96N6O18/c1-12-13-31-64-74(92)82-63(43-53-33-36-54-23-14-15-24-55(54)42-53)75(93)85(9)66(48-104-80(2,3)4)77(95)101-49-70(88)83(7)39-21-20-32-72(90)103-51-81(5,6)73(91)76(94)87-41-40-86(79(97)102-47-62-60-29-18-16-27-58(60)59-28-17-19-30-61(59)62)46-65(87)78(96)105-67(37-34-52-35-38-68(98-10)69(44-52)99-11)56-25-22-26-57(45-56)100-50-71(89)84(64)8/h14-20,22-30,32-33,35-36,38,42,44-45,62-67H,12-13,21,31,34,37,39-41,43,46-51H2,1-11H3,(H,82,92)/t63-,64-,65-,66-,67+/m0/s1. The van der Waals surface area contributed by atoms with Gasteiger partial charge in [-0.1, -0.05) is 135 Å². The average Bonchev–Trinajstić information content (AvgIpc) is 1.65. The number of piperazine rings is 1. The Labute approximate surface area is 613 Å². The SMILES string of the molecule is CCCC[C@H]1C(=O)N[C@@H](Cc2ccc3ccccc3c2)C(=O)N(C)[C@@H](COC(C)(C)C)C(=O)OCC(=O)N(C)CCC=CC(=O)OCC(C)(C)C(=O)C(=O)N2CCN(C(=O)OCC3c4ccccc4-c4ccccc43)C[C@H]2C(=O)O[C@H](CCc2ccc(OC)c(OC)c2)c2cccc(c2)OCC(=O)N1C. The summed E-state index contributed by atoms with van der Waals surface area (Å²) in [6.45, 7) is 6.89. The fraction of sp³-hybridized carbons (Fsp3) is 0.432. The van der Waals surface area contributed by atoms with Crippen molar-refractivity contribution in [3.8, 4) is 28.4 Å². The normalized spacial score (nSPS) is 20.4. The van der Waals surface area contributed by atoms with Gasteiger partial charge in [0, 0.05) is 59.2 Å². The number of esters is 3. The van der Waals surface area contributed by atoms with E-state index in [9.17, 15) is 33.6 Å². The summed E-state index contributed by atoms with van der Waals surface area (Å²) in [6.07, 6.45) is 2.41. The maximum Gasteiger partial charge on any atom is 0.409 e. The molecule has 2 bridgehead atoms. The van der Waals surface area contributed by atoms with Crippen molar-refractivity contribution >= 4 is 70.1 Å². The molecule has 0 unspecified atom stereocenters. The van der Waals surface area contributed by atoms with E-state index in [2.05, 4.69) is 5.32 Å². The van der Waals surface area contributed by atoms with E-state index in [1.165, 1.54) is 70.0 Å². The molecule has 1 fully saturated rings. The molecule has 6 aromatic carbocycles. The number of nitrogens with one attached hydrogen (secondary N) is 1. The maximum atomic E-state index is 15.4. The van der Waals surface area contributed by atoms with Gasteiger partial charge in [0.25, 0.3) is 17.7 Å². The summed E-state index contributed by atoms with van der Waals surface area (Å²) in [7, 11) is 7.33. The minimum atomic E-state index is -1.67. The van der Waals surface area contributed by atoms with Gasteiger partial charge >= 0.3 is 24.0 Å². The number of fused-ring (bicyclic) bond motifs is 7. The predicted octanol–water partition coefficient (Wildman–Crippen LogP) is 9.40. The molecule has 24 nitrogen and oxygen atoms in total. The number of unbranched alkanes of at least 4 members (excludes halogenated alkanes) is 1. The van der Waals surface area contributed by atoms with Gasteiger partial charge in [-0.05, 0) is 134 Å². The van der Waals surface area contributed by atoms with Crippen LogP contribution >= 0.6 is 0 Å². The lowest BCUT2D eigenvalue weighted by Crippen LogP contribution is -2.62. The molecule has 1 N–H and O–H groups in total. The first kappa shape index (κ1) is 78.5. The predicted molar refractivity (Wildman–Crippen MR) is 391 cm³/mol. The number of rotatable bonds is 14. The zero-order valence-electron chi connectivity index (χ0n) is 61.7. The summed E-state index contributed by atoms with van der Waals surface area (Å²) >= 11 is 0. The number of amides is 6. The first-order valence-electron chi connectivity index (χ1n) is 35.5. The first-order valence-corrected chi connectivity index (χ1v) is 35.5. The van der Waals surface area contributed by atoms with Crippen LogP contribution in [0, 0.1) is 5.41 Å². The molecule has 0 aromatic heterocycles. The molecule has 0 spiro atoms. The highest BCUT2D eigenvalue weighted by molar-refractivity contribution is 6.38. The van der Waals surface area contributed by atoms with Crippen LogP contribution in [0.3, 0.4) is 0 Å². The van der Waals surface area contributed by atoms with Gasteiger partial charge in [-0.25, -0.2) is 19.2 Å². The monoisotopic (exact) mass is 1440 g/mol. The second kappa shape index (κ2) is 35.7. The zero-order valence-corrected chi connectivity index (χ0v) is 61.7. The number of ether oxygens (including phenoxy) is 8. The van der Waals surface area contributed by atoms with Gasteiger partial charge in [-0.15, -0.1) is 0 Å². The number of Topliss-reactive ketones (excluding diaryl/α,β-unsaturated/α-hetero) is 1. The van der Waals surface area contributed by atoms with Crippen LogP contribution in [0.1, 0.15) is 113 Å². The van der Waals surface area contributed by atoms with Crippen LogP contribution in [0.5, 0.6) is 17.2 Å². The topological polar surface area (TPSA) is 273 Å². The number of cyclic esters (lactones) is 3. The summed E-state index contributed by atoms with van der Waals surface area (Å²) in [5.74, 6) is -6.74. The Morgan fingerprint density at radius 1 is 0.657 bits per heavy atom. The lowest BCUT2D eigenvalue weighted by molar-refractivity contribution is -0.166. The Bertz CT molecular complexity index is 4140. The molecule has 6 aromatic rings. The molecule has 2 heterocycles. The van der Waals surface area contributed by atoms with Crippen molar-refractivity contribution in [1.29, 1.82) is 0 Å². The molecule has 24 heteroatoms. The fourth-order valence-corrected chi connectivity index (χ4v) is 12.9. The number of hydrogen-bond acceptors (Lipinski definition) is 18. The lowest BCUT2D eigenvalue weighted by Gasteiger charge is -2.40. The van der Waals surface area contributed by atoms with Crippen LogP contribution in [-0.2, 0) is 79.7 Å². The molecular weight excluding hydrogens is 1340 g/mol. The number of methoxy groups -OCH3 is 2. The second-order valence-electron chi connectivity index (χ2n) is 28.2. The number of carbonyl (C=O) groups excluding carboxylic acids is 10. The van der Waals surface area contributed by atoms with E-state index in [-0.39, 0.29) is 76.6 Å². The van der Waals surface area contributed by atoms with Crippen molar-refractivity contribution in [1.82, 2.24) is 29.8 Å². The van der Waals surface area contributed by atoms with Crippen molar-refractivity contribution in [2.75, 3.05) is 94.6 Å². The minimum absolute atomic E-state index is 0.0417. The number of aryl methyl sites for hydroxylation is 1. The third kappa shape index (κ3) is 20.2. The van der Waals surface area contributed by atoms with E-state index in [4.69, 9.17) is 37.9 Å². The van der Waals surface area contributed by atoms with Crippen LogP contribution in [0.15, 0.2) is 146 Å². The van der Waals surface area contributed by atoms with Crippen molar-refractivity contribution in [3.05, 3.63) is 173 Å². The van der Waals surface area contributed by atoms with Gasteiger partial charge in [0.1, 0.15) is 43.2 Å². The largest absolute Gasteiger partial charge is 0.493 e. The molecule has 6 amide bonds. The van der Waals surface area contributed by atoms with Gasteiger partial charge in [0.05, 0.1) is 38.4 Å². The van der Waals surface area contributed by atoms with E-state index < -0.39 is 127 Å². The summed E-state index contributed by atoms with van der Waals surface area (Å²) < 4.78 is 47.2. The summed E-state index contributed by atoms with van der Waals surface area (Å²) in [6, 6.07) is 35.4. The molecule has 1 aliphatic carbocycles. The number of ketones is 1. The highest BCUT2D eigenvalue weighted by Gasteiger charge is 2.46. The quantitative estimate of drug-likeness (QED) is 0.0604. The van der Waals surface area contributed by atoms with E-state index in [1.807, 2.05) is 104 Å². The van der Waals surface area contributed by atoms with Gasteiger partial charge in [-0.2, -0.15) is 0 Å². The molecule has 0 saturated carbocycles. The molecule has 558 valence electrons. The number of benzene rings is 6. The van der Waals surface area contributed by atoms with Gasteiger partial charge in [0.2, 0.25) is 17.6 Å². The van der Waals surface area contributed by atoms with Crippen molar-refractivity contribution in [2.24, 2.45) is 5.41 Å². The molecule has 3 aliphatic rings. The van der Waals surface area contributed by atoms with Crippen LogP contribution < -0.4 is 19.5 Å². The first-order chi connectivity index (χ1) is 50.2. The highest BCUT2D eigenvalue weighted by Crippen LogP contribution is 2.45. The molecule has 5 atom stereocenters. The third-order valence-corrected chi connectivity index (χ3v) is 19.2. The average molecular weight is 1440 g/mol. The van der Waals surface area contributed by atoms with E-state index in [0.717, 1.165) is 54.5 Å². The van der Waals surface area contributed by atoms with Crippen LogP contribution in [-0.4, -0.2) is 208 Å². The molecule has 105 heavy (non-hydrogen) atoms. The van der Waals surface area contributed by atoms with Crippen molar-refractivity contribution in [2.45, 2.75) is 128 Å². The van der Waals surface area contributed by atoms with Gasteiger partial charge in [0.15, 0.2) is 30.8 Å². The van der Waals surface area contributed by atoms with Gasteiger partial charge < -0.3 is 67.7 Å². The van der Waals surface area contributed by atoms with Crippen LogP contribution in [0.4, 0.5) is 4.79 Å². The Morgan fingerprint density at radius 2 is 1.33 bits per heavy atom. The summed E-state index contributed by atoms with van der Waals surface area (Å²) in [4.78, 5) is 151. The molecule has 9 rings (SSSR count). The molecule has 1 saturated heterocycles. The molecule has 2 aliphatic heterocycles. The van der Waals surface area contributed by atoms with Crippen molar-refractivity contribution < 1.29 is 85.8 Å². The van der Waals surface area contributed by atoms with E-state index >= 15 is 14.4 Å². The Morgan fingerprint density at radius 3 is 2.03 bits per heavy atom. The molecular formula is C81H96N6O18. The number of hydrogen-bond donors (Lipinski definition) is 1. The highest BCUT2D eigenvalue weighted by atomic mass is 16.6. The van der Waals surface area contributed by atoms with Crippen LogP contribution in [0.2, 0.25) is 0 Å². The summed E-state index contributed by atoms with van der Waals surface area (Å²) in [5.41, 5.74) is 3.35. The maximum absolute atomic E-state index is 15.4. The van der Waals surface area contributed by atoms with E-state index in [0.29, 0.717) is 35.5 Å². The molecule has 0 radical (unpaired) electrons. The van der Waals surface area contributed by atoms with Crippen LogP contribution in [0.25, 0.3) is 21.9 Å². The van der Waals surface area contributed by atoms with Crippen molar-refractivity contribution in [3.63, 3.8) is 0 Å². The smallest absolute Gasteiger partial charge is 0.409 e. The number of carbonyl (C=O) groups is 10. The summed E-state index contributed by atoms with van der Waals surface area (Å²) in [5, 5.41) is 4.77. The van der Waals surface area contributed by atoms with E-state index in [1.54, 1.807) is 57.2 Å². The Balaban J connectivity index is 1.04. The minimum Gasteiger partial charge on any atom is -0.493 e. The zero-order chi connectivity index (χ0) is 75.7. The fourth-order valence-electron chi connectivity index (χ4n) is 12.9. The van der Waals surface area contributed by atoms with Gasteiger partial charge in [-0.3, -0.25) is 28.8 Å². The Kier molecular flexibility index (Phi) is 26.7.